The molecule has 3 rings (SSSR count). The van der Waals surface area contributed by atoms with E-state index in [1.54, 1.807) is 19.0 Å². The molecule has 7 heteroatoms. The number of benzene rings is 2. The van der Waals surface area contributed by atoms with Gasteiger partial charge in [-0.1, -0.05) is 60.7 Å². The van der Waals surface area contributed by atoms with Crippen LogP contribution in [0.15, 0.2) is 65.7 Å². The Morgan fingerprint density at radius 2 is 1.68 bits per heavy atom. The monoisotopic (exact) mass is 536 g/mol. The SMILES string of the molecule is CN(C)C(=O)CN=C(NCC1CCOC1)NCC(c1ccccc1)c1ccccc1.I. The van der Waals surface area contributed by atoms with Crippen LogP contribution in [-0.2, 0) is 9.53 Å². The van der Waals surface area contributed by atoms with Gasteiger partial charge in [0.25, 0.3) is 0 Å². The number of carbonyl (C=O) groups excluding carboxylic acids is 1. The van der Waals surface area contributed by atoms with Crippen LogP contribution in [0, 0.1) is 5.92 Å². The quantitative estimate of drug-likeness (QED) is 0.309. The van der Waals surface area contributed by atoms with Crippen LogP contribution in [0.25, 0.3) is 0 Å². The largest absolute Gasteiger partial charge is 0.381 e. The summed E-state index contributed by atoms with van der Waals surface area (Å²) in [6.07, 6.45) is 1.05. The third-order valence-corrected chi connectivity index (χ3v) is 5.33. The lowest BCUT2D eigenvalue weighted by Gasteiger charge is -2.21. The number of nitrogens with one attached hydrogen (secondary N) is 2. The lowest BCUT2D eigenvalue weighted by Crippen LogP contribution is -2.42. The molecule has 0 aliphatic carbocycles. The number of nitrogens with zero attached hydrogens (tertiary/aromatic N) is 2. The average Bonchev–Trinajstić information content (AvgIpc) is 3.30. The number of hydrogen-bond donors (Lipinski definition) is 2. The Hall–Kier alpha value is -2.13. The average molecular weight is 536 g/mol. The zero-order chi connectivity index (χ0) is 21.2. The lowest BCUT2D eigenvalue weighted by atomic mass is 9.91. The van der Waals surface area contributed by atoms with Gasteiger partial charge in [-0.15, -0.1) is 24.0 Å². The lowest BCUT2D eigenvalue weighted by molar-refractivity contribution is -0.127. The number of carbonyl (C=O) groups is 1. The number of rotatable bonds is 8. The summed E-state index contributed by atoms with van der Waals surface area (Å²) >= 11 is 0. The number of halogens is 1. The fourth-order valence-electron chi connectivity index (χ4n) is 3.45. The van der Waals surface area contributed by atoms with Crippen molar-refractivity contribution < 1.29 is 9.53 Å². The molecule has 168 valence electrons. The van der Waals surface area contributed by atoms with Crippen molar-refractivity contribution in [1.82, 2.24) is 15.5 Å². The normalized spacial score (nSPS) is 16.0. The third kappa shape index (κ3) is 8.14. The van der Waals surface area contributed by atoms with Gasteiger partial charge in [-0.2, -0.15) is 0 Å². The van der Waals surface area contributed by atoms with E-state index in [-0.39, 0.29) is 42.3 Å². The molecular formula is C24H33IN4O2. The molecule has 6 nitrogen and oxygen atoms in total. The maximum Gasteiger partial charge on any atom is 0.243 e. The smallest absolute Gasteiger partial charge is 0.243 e. The molecule has 1 fully saturated rings. The van der Waals surface area contributed by atoms with Crippen molar-refractivity contribution in [3.05, 3.63) is 71.8 Å². The molecular weight excluding hydrogens is 503 g/mol. The molecule has 1 heterocycles. The summed E-state index contributed by atoms with van der Waals surface area (Å²) in [6.45, 7) is 3.16. The maximum atomic E-state index is 12.0. The number of hydrogen-bond acceptors (Lipinski definition) is 3. The van der Waals surface area contributed by atoms with Crippen molar-refractivity contribution in [2.24, 2.45) is 10.9 Å². The highest BCUT2D eigenvalue weighted by atomic mass is 127. The highest BCUT2D eigenvalue weighted by Gasteiger charge is 2.18. The minimum absolute atomic E-state index is 0. The van der Waals surface area contributed by atoms with Crippen LogP contribution in [0.5, 0.6) is 0 Å². The fraction of sp³-hybridized carbons (Fsp3) is 0.417. The maximum absolute atomic E-state index is 12.0. The number of guanidine groups is 1. The van der Waals surface area contributed by atoms with E-state index in [0.717, 1.165) is 26.2 Å². The van der Waals surface area contributed by atoms with Gasteiger partial charge in [-0.25, -0.2) is 4.99 Å². The molecule has 2 aromatic carbocycles. The zero-order valence-electron chi connectivity index (χ0n) is 18.3. The first-order valence-electron chi connectivity index (χ1n) is 10.5. The molecule has 1 saturated heterocycles. The van der Waals surface area contributed by atoms with E-state index in [9.17, 15) is 4.79 Å². The number of aliphatic imine (C=N–C) groups is 1. The molecule has 31 heavy (non-hydrogen) atoms. The van der Waals surface area contributed by atoms with Gasteiger partial charge in [0, 0.05) is 45.6 Å². The Labute approximate surface area is 202 Å². The van der Waals surface area contributed by atoms with Gasteiger partial charge >= 0.3 is 0 Å². The van der Waals surface area contributed by atoms with Crippen molar-refractivity contribution in [1.29, 1.82) is 0 Å². The van der Waals surface area contributed by atoms with Gasteiger partial charge in [0.05, 0.1) is 6.61 Å². The molecule has 0 radical (unpaired) electrons. The first-order valence-corrected chi connectivity index (χ1v) is 10.5. The summed E-state index contributed by atoms with van der Waals surface area (Å²) in [6, 6.07) is 20.9. The van der Waals surface area contributed by atoms with E-state index in [2.05, 4.69) is 64.2 Å². The van der Waals surface area contributed by atoms with Crippen LogP contribution in [0.1, 0.15) is 23.5 Å². The van der Waals surface area contributed by atoms with E-state index in [1.165, 1.54) is 11.1 Å². The second-order valence-corrected chi connectivity index (χ2v) is 7.82. The van der Waals surface area contributed by atoms with Gasteiger partial charge in [0.2, 0.25) is 5.91 Å². The third-order valence-electron chi connectivity index (χ3n) is 5.33. The highest BCUT2D eigenvalue weighted by molar-refractivity contribution is 14.0. The van der Waals surface area contributed by atoms with E-state index in [4.69, 9.17) is 4.74 Å². The summed E-state index contributed by atoms with van der Waals surface area (Å²) in [7, 11) is 3.49. The Bertz CT molecular complexity index is 769. The van der Waals surface area contributed by atoms with E-state index in [0.29, 0.717) is 18.4 Å². The van der Waals surface area contributed by atoms with Crippen molar-refractivity contribution in [3.63, 3.8) is 0 Å². The Morgan fingerprint density at radius 1 is 1.06 bits per heavy atom. The van der Waals surface area contributed by atoms with Gasteiger partial charge in [-0.05, 0) is 17.5 Å². The summed E-state index contributed by atoms with van der Waals surface area (Å²) in [5.74, 6) is 1.29. The van der Waals surface area contributed by atoms with Crippen LogP contribution < -0.4 is 10.6 Å². The predicted octanol–water partition coefficient (Wildman–Crippen LogP) is 3.10. The van der Waals surface area contributed by atoms with Crippen LogP contribution in [0.2, 0.25) is 0 Å². The van der Waals surface area contributed by atoms with Crippen molar-refractivity contribution in [3.8, 4) is 0 Å². The number of likely N-dealkylation sites (N-methyl/N-ethyl adjacent to an activating group) is 1. The highest BCUT2D eigenvalue weighted by Crippen LogP contribution is 2.23. The van der Waals surface area contributed by atoms with E-state index in [1.807, 2.05) is 12.1 Å². The zero-order valence-corrected chi connectivity index (χ0v) is 20.6. The summed E-state index contributed by atoms with van der Waals surface area (Å²) in [4.78, 5) is 18.1. The molecule has 2 N–H and O–H groups in total. The molecule has 1 aliphatic rings. The molecule has 0 aromatic heterocycles. The van der Waals surface area contributed by atoms with Crippen molar-refractivity contribution in [2.75, 3.05) is 46.9 Å². The van der Waals surface area contributed by atoms with Crippen LogP contribution in [0.3, 0.4) is 0 Å². The van der Waals surface area contributed by atoms with Crippen LogP contribution in [0.4, 0.5) is 0 Å². The predicted molar refractivity (Wildman–Crippen MR) is 136 cm³/mol. The molecule has 1 aliphatic heterocycles. The summed E-state index contributed by atoms with van der Waals surface area (Å²) in [5.41, 5.74) is 2.48. The van der Waals surface area contributed by atoms with Gasteiger partial charge in [-0.3, -0.25) is 4.79 Å². The minimum atomic E-state index is -0.0250. The first kappa shape index (κ1) is 25.1. The number of amides is 1. The standard InChI is InChI=1S/C24H32N4O2.HI/c1-28(2)23(29)17-27-24(25-15-19-13-14-30-18-19)26-16-22(20-9-5-3-6-10-20)21-11-7-4-8-12-21;/h3-12,19,22H,13-18H2,1-2H3,(H2,25,26,27);1H. The van der Waals surface area contributed by atoms with Crippen molar-refractivity contribution >= 4 is 35.8 Å². The van der Waals surface area contributed by atoms with Gasteiger partial charge in [0.15, 0.2) is 5.96 Å². The molecule has 2 aromatic rings. The van der Waals surface area contributed by atoms with Gasteiger partial charge < -0.3 is 20.3 Å². The summed E-state index contributed by atoms with van der Waals surface area (Å²) in [5, 5.41) is 6.86. The molecule has 0 spiro atoms. The number of ether oxygens (including phenoxy) is 1. The second-order valence-electron chi connectivity index (χ2n) is 7.82. The molecule has 1 unspecified atom stereocenters. The molecule has 1 atom stereocenters. The topological polar surface area (TPSA) is 66.0 Å². The summed E-state index contributed by atoms with van der Waals surface area (Å²) < 4.78 is 5.47. The Kier molecular flexibility index (Phi) is 10.8. The Morgan fingerprint density at radius 3 is 2.19 bits per heavy atom. The minimum Gasteiger partial charge on any atom is -0.381 e. The Balaban J connectivity index is 0.00000341. The first-order chi connectivity index (χ1) is 14.6. The molecule has 0 bridgehead atoms. The second kappa shape index (κ2) is 13.3. The van der Waals surface area contributed by atoms with Crippen molar-refractivity contribution in [2.45, 2.75) is 12.3 Å². The van der Waals surface area contributed by atoms with E-state index < -0.39 is 0 Å². The van der Waals surface area contributed by atoms with Crippen LogP contribution >= 0.6 is 24.0 Å². The fourth-order valence-corrected chi connectivity index (χ4v) is 3.45. The van der Waals surface area contributed by atoms with Crippen LogP contribution in [-0.4, -0.2) is 63.7 Å². The van der Waals surface area contributed by atoms with E-state index >= 15 is 0 Å². The molecule has 0 saturated carbocycles. The molecule has 1 amide bonds. The van der Waals surface area contributed by atoms with Gasteiger partial charge in [0.1, 0.15) is 6.54 Å².